The van der Waals surface area contributed by atoms with E-state index in [1.807, 2.05) is 6.92 Å². The molecule has 0 radical (unpaired) electrons. The van der Waals surface area contributed by atoms with Crippen molar-refractivity contribution in [2.24, 2.45) is 0 Å². The van der Waals surface area contributed by atoms with E-state index < -0.39 is 5.60 Å². The van der Waals surface area contributed by atoms with Gasteiger partial charge < -0.3 is 15.2 Å². The molecule has 0 aromatic heterocycles. The third kappa shape index (κ3) is 3.35. The Bertz CT molecular complexity index is 448. The van der Waals surface area contributed by atoms with Crippen LogP contribution < -0.4 is 5.32 Å². The molecule has 3 nitrogen and oxygen atoms in total. The first-order valence-corrected chi connectivity index (χ1v) is 7.02. The molecule has 1 saturated heterocycles. The van der Waals surface area contributed by atoms with E-state index in [-0.39, 0.29) is 6.04 Å². The zero-order chi connectivity index (χ0) is 14.0. The van der Waals surface area contributed by atoms with Crippen LogP contribution in [0.4, 0.5) is 0 Å². The summed E-state index contributed by atoms with van der Waals surface area (Å²) in [6.07, 6.45) is 0.677. The minimum Gasteiger partial charge on any atom is -0.385 e. The van der Waals surface area contributed by atoms with E-state index in [0.717, 1.165) is 24.3 Å². The Morgan fingerprint density at radius 2 is 1.95 bits per heavy atom. The predicted molar refractivity (Wildman–Crippen MR) is 77.5 cm³/mol. The average molecular weight is 263 g/mol. The predicted octanol–water partition coefficient (Wildman–Crippen LogP) is 2.20. The number of hydrogen-bond donors (Lipinski definition) is 2. The van der Waals surface area contributed by atoms with Gasteiger partial charge in [-0.25, -0.2) is 0 Å². The van der Waals surface area contributed by atoms with Gasteiger partial charge in [-0.2, -0.15) is 0 Å². The van der Waals surface area contributed by atoms with E-state index in [9.17, 15) is 5.11 Å². The number of aliphatic hydroxyl groups is 1. The molecule has 2 N–H and O–H groups in total. The highest BCUT2D eigenvalue weighted by atomic mass is 16.5. The molecule has 0 amide bonds. The van der Waals surface area contributed by atoms with Gasteiger partial charge >= 0.3 is 0 Å². The van der Waals surface area contributed by atoms with Crippen molar-refractivity contribution in [3.05, 3.63) is 34.4 Å². The molecule has 2 rings (SSSR count). The van der Waals surface area contributed by atoms with Crippen LogP contribution >= 0.6 is 0 Å². The summed E-state index contributed by atoms with van der Waals surface area (Å²) >= 11 is 0. The Morgan fingerprint density at radius 3 is 2.58 bits per heavy atom. The van der Waals surface area contributed by atoms with Crippen LogP contribution in [-0.4, -0.2) is 30.9 Å². The van der Waals surface area contributed by atoms with E-state index in [1.165, 1.54) is 11.1 Å². The minimum absolute atomic E-state index is 0.227. The Balaban J connectivity index is 2.20. The zero-order valence-corrected chi connectivity index (χ0v) is 12.4. The number of benzene rings is 1. The summed E-state index contributed by atoms with van der Waals surface area (Å²) in [5, 5.41) is 14.2. The Labute approximate surface area is 116 Å². The fourth-order valence-electron chi connectivity index (χ4n) is 2.88. The van der Waals surface area contributed by atoms with Crippen LogP contribution in [0.3, 0.4) is 0 Å². The molecule has 2 atom stereocenters. The first-order chi connectivity index (χ1) is 8.90. The van der Waals surface area contributed by atoms with Crippen LogP contribution in [0.25, 0.3) is 0 Å². The van der Waals surface area contributed by atoms with Gasteiger partial charge in [0.2, 0.25) is 0 Å². The number of rotatable bonds is 3. The molecule has 106 valence electrons. The molecule has 1 fully saturated rings. The second kappa shape index (κ2) is 5.61. The summed E-state index contributed by atoms with van der Waals surface area (Å²) in [6, 6.07) is 4.50. The molecule has 1 aliphatic rings. The van der Waals surface area contributed by atoms with Crippen LogP contribution in [0, 0.1) is 20.8 Å². The Morgan fingerprint density at radius 1 is 1.26 bits per heavy atom. The van der Waals surface area contributed by atoms with Gasteiger partial charge in [0.05, 0.1) is 18.8 Å². The molecule has 3 heteroatoms. The standard InChI is InChI=1S/C16H25NO2/c1-11-7-13(3)15(8-12(11)2)16(4,18)9-14-10-19-6-5-17-14/h7-8,14,17-18H,5-6,9-10H2,1-4H3. The molecule has 2 unspecified atom stereocenters. The molecule has 1 heterocycles. The van der Waals surface area contributed by atoms with Crippen molar-refractivity contribution < 1.29 is 9.84 Å². The maximum Gasteiger partial charge on any atom is 0.0886 e. The number of hydrogen-bond acceptors (Lipinski definition) is 3. The smallest absolute Gasteiger partial charge is 0.0886 e. The Kier molecular flexibility index (Phi) is 4.29. The van der Waals surface area contributed by atoms with Crippen molar-refractivity contribution >= 4 is 0 Å². The molecule has 1 aromatic rings. The lowest BCUT2D eigenvalue weighted by molar-refractivity contribution is 0.00281. The molecule has 1 aliphatic heterocycles. The SMILES string of the molecule is Cc1cc(C)c(C(C)(O)CC2COCCN2)cc1C. The molecular weight excluding hydrogens is 238 g/mol. The first-order valence-electron chi connectivity index (χ1n) is 7.02. The van der Waals surface area contributed by atoms with E-state index in [1.54, 1.807) is 0 Å². The summed E-state index contributed by atoms with van der Waals surface area (Å²) in [4.78, 5) is 0. The van der Waals surface area contributed by atoms with Gasteiger partial charge in [-0.15, -0.1) is 0 Å². The molecule has 0 spiro atoms. The second-order valence-electron chi connectivity index (χ2n) is 5.96. The zero-order valence-electron chi connectivity index (χ0n) is 12.4. The molecule has 19 heavy (non-hydrogen) atoms. The third-order valence-electron chi connectivity index (χ3n) is 4.06. The molecule has 0 bridgehead atoms. The maximum atomic E-state index is 10.8. The van der Waals surface area contributed by atoms with Crippen molar-refractivity contribution in [2.75, 3.05) is 19.8 Å². The largest absolute Gasteiger partial charge is 0.385 e. The quantitative estimate of drug-likeness (QED) is 0.878. The van der Waals surface area contributed by atoms with Crippen molar-refractivity contribution in [3.63, 3.8) is 0 Å². The first kappa shape index (κ1) is 14.5. The van der Waals surface area contributed by atoms with Gasteiger partial charge in [0.25, 0.3) is 0 Å². The highest BCUT2D eigenvalue weighted by Crippen LogP contribution is 2.31. The molecule has 0 saturated carbocycles. The van der Waals surface area contributed by atoms with Gasteiger partial charge in [-0.3, -0.25) is 0 Å². The molecule has 0 aliphatic carbocycles. The monoisotopic (exact) mass is 263 g/mol. The number of morpholine rings is 1. The van der Waals surface area contributed by atoms with Gasteiger partial charge in [-0.05, 0) is 56.4 Å². The van der Waals surface area contributed by atoms with Crippen LogP contribution in [-0.2, 0) is 10.3 Å². The van der Waals surface area contributed by atoms with Gasteiger partial charge in [0, 0.05) is 12.6 Å². The summed E-state index contributed by atoms with van der Waals surface area (Å²) in [6.45, 7) is 10.5. The van der Waals surface area contributed by atoms with E-state index in [2.05, 4.69) is 38.2 Å². The minimum atomic E-state index is -0.819. The summed E-state index contributed by atoms with van der Waals surface area (Å²) in [5.74, 6) is 0. The fourth-order valence-corrected chi connectivity index (χ4v) is 2.88. The van der Waals surface area contributed by atoms with Crippen LogP contribution in [0.15, 0.2) is 12.1 Å². The lowest BCUT2D eigenvalue weighted by Gasteiger charge is -2.33. The van der Waals surface area contributed by atoms with Crippen LogP contribution in [0.1, 0.15) is 35.6 Å². The average Bonchev–Trinajstić information content (AvgIpc) is 2.34. The third-order valence-corrected chi connectivity index (χ3v) is 4.06. The lowest BCUT2D eigenvalue weighted by Crippen LogP contribution is -2.45. The van der Waals surface area contributed by atoms with Crippen molar-refractivity contribution in [1.29, 1.82) is 0 Å². The van der Waals surface area contributed by atoms with Gasteiger partial charge in [-0.1, -0.05) is 12.1 Å². The molecular formula is C16H25NO2. The number of aryl methyl sites for hydroxylation is 3. The Hall–Kier alpha value is -0.900. The van der Waals surface area contributed by atoms with Gasteiger partial charge in [0.1, 0.15) is 0 Å². The highest BCUT2D eigenvalue weighted by molar-refractivity contribution is 5.39. The van der Waals surface area contributed by atoms with Crippen molar-refractivity contribution in [1.82, 2.24) is 5.32 Å². The van der Waals surface area contributed by atoms with Crippen LogP contribution in [0.5, 0.6) is 0 Å². The van der Waals surface area contributed by atoms with E-state index >= 15 is 0 Å². The lowest BCUT2D eigenvalue weighted by atomic mass is 9.84. The van der Waals surface area contributed by atoms with Crippen LogP contribution in [0.2, 0.25) is 0 Å². The van der Waals surface area contributed by atoms with Gasteiger partial charge in [0.15, 0.2) is 0 Å². The fraction of sp³-hybridized carbons (Fsp3) is 0.625. The highest BCUT2D eigenvalue weighted by Gasteiger charge is 2.30. The summed E-state index contributed by atoms with van der Waals surface area (Å²) in [5.41, 5.74) is 3.87. The topological polar surface area (TPSA) is 41.5 Å². The second-order valence-corrected chi connectivity index (χ2v) is 5.96. The molecule has 1 aromatic carbocycles. The van der Waals surface area contributed by atoms with Crippen molar-refractivity contribution in [2.45, 2.75) is 45.8 Å². The van der Waals surface area contributed by atoms with E-state index in [4.69, 9.17) is 4.74 Å². The maximum absolute atomic E-state index is 10.8. The number of nitrogens with one attached hydrogen (secondary N) is 1. The summed E-state index contributed by atoms with van der Waals surface area (Å²) in [7, 11) is 0. The summed E-state index contributed by atoms with van der Waals surface area (Å²) < 4.78 is 5.46. The van der Waals surface area contributed by atoms with E-state index in [0.29, 0.717) is 13.0 Å². The normalized spacial score (nSPS) is 23.1. The number of ether oxygens (including phenoxy) is 1. The van der Waals surface area contributed by atoms with Crippen molar-refractivity contribution in [3.8, 4) is 0 Å².